The van der Waals surface area contributed by atoms with E-state index in [1.54, 1.807) is 14.1 Å². The predicted molar refractivity (Wildman–Crippen MR) is 30.4 cm³/mol. The Labute approximate surface area is 49.2 Å². The fourth-order valence-electron chi connectivity index (χ4n) is 0.216. The first-order valence-electron chi connectivity index (χ1n) is 2.31. The van der Waals surface area contributed by atoms with E-state index in [4.69, 9.17) is 0 Å². The number of nitrogens with zero attached hydrogens (tertiary/aromatic N) is 1. The molecule has 0 aromatic heterocycles. The molecule has 0 bridgehead atoms. The number of hydrogen-bond acceptors (Lipinski definition) is 2. The van der Waals surface area contributed by atoms with E-state index in [0.717, 1.165) is 0 Å². The molecule has 3 nitrogen and oxygen atoms in total. The summed E-state index contributed by atoms with van der Waals surface area (Å²) in [6.45, 7) is 3.53. The third kappa shape index (κ3) is 2.44. The molecule has 0 atom stereocenters. The largest absolute Gasteiger partial charge is 0.449 e. The number of carbonyl (C=O) groups is 1. The molecule has 8 heavy (non-hydrogen) atoms. The summed E-state index contributed by atoms with van der Waals surface area (Å²) in [6, 6.07) is 0. The van der Waals surface area contributed by atoms with Crippen molar-refractivity contribution in [3.63, 3.8) is 0 Å². The van der Waals surface area contributed by atoms with Gasteiger partial charge in [-0.2, -0.15) is 0 Å². The normalized spacial score (nSPS) is 8.38. The van der Waals surface area contributed by atoms with Gasteiger partial charge < -0.3 is 9.64 Å². The first-order chi connectivity index (χ1) is 3.68. The lowest BCUT2D eigenvalue weighted by Crippen LogP contribution is -2.22. The molecule has 0 fully saturated rings. The highest BCUT2D eigenvalue weighted by Crippen LogP contribution is 1.82. The summed E-state index contributed by atoms with van der Waals surface area (Å²) in [4.78, 5) is 11.8. The molecule has 0 unspecified atom stereocenters. The van der Waals surface area contributed by atoms with Crippen molar-refractivity contribution in [2.24, 2.45) is 0 Å². The van der Waals surface area contributed by atoms with E-state index in [0.29, 0.717) is 0 Å². The van der Waals surface area contributed by atoms with Gasteiger partial charge in [-0.1, -0.05) is 0 Å². The second-order valence-corrected chi connectivity index (χ2v) is 1.51. The average molecular weight is 116 g/mol. The Morgan fingerprint density at radius 2 is 2.25 bits per heavy atom. The molecular weight excluding hydrogens is 106 g/mol. The zero-order chi connectivity index (χ0) is 6.57. The highest BCUT2D eigenvalue weighted by Gasteiger charge is 1.99. The second kappa shape index (κ2) is 3.29. The summed E-state index contributed by atoms with van der Waals surface area (Å²) in [5.74, 6) is 0. The van der Waals surface area contributed by atoms with Crippen molar-refractivity contribution in [2.45, 2.75) is 0 Å². The van der Waals surface area contributed by atoms with E-state index in [1.807, 2.05) is 0 Å². The van der Waals surface area contributed by atoms with Gasteiger partial charge in [0.25, 0.3) is 0 Å². The summed E-state index contributed by atoms with van der Waals surface area (Å²) in [6.07, 6.45) is -0.347. The van der Waals surface area contributed by atoms with Crippen LogP contribution in [-0.4, -0.2) is 31.7 Å². The molecule has 0 aliphatic carbocycles. The molecule has 0 N–H and O–H groups in total. The van der Waals surface area contributed by atoms with Crippen molar-refractivity contribution >= 4 is 6.09 Å². The Morgan fingerprint density at radius 3 is 2.38 bits per heavy atom. The fourth-order valence-corrected chi connectivity index (χ4v) is 0.216. The standard InChI is InChI=1S/C5H10NO2/c1-4-8-5(7)6(2)3/h1,4H2,2-3H3. The summed E-state index contributed by atoms with van der Waals surface area (Å²) in [5.41, 5.74) is 0. The molecule has 0 aromatic rings. The second-order valence-electron chi connectivity index (χ2n) is 1.51. The summed E-state index contributed by atoms with van der Waals surface area (Å²) < 4.78 is 4.48. The van der Waals surface area contributed by atoms with Gasteiger partial charge in [-0.25, -0.2) is 4.79 Å². The average Bonchev–Trinajstić information content (AvgIpc) is 1.67. The van der Waals surface area contributed by atoms with Crippen molar-refractivity contribution in [3.8, 4) is 0 Å². The number of carbonyl (C=O) groups excluding carboxylic acids is 1. The third-order valence-corrected chi connectivity index (χ3v) is 0.591. The van der Waals surface area contributed by atoms with E-state index in [-0.39, 0.29) is 12.7 Å². The van der Waals surface area contributed by atoms with E-state index in [2.05, 4.69) is 11.7 Å². The van der Waals surface area contributed by atoms with E-state index >= 15 is 0 Å². The lowest BCUT2D eigenvalue weighted by molar-refractivity contribution is 0.129. The van der Waals surface area contributed by atoms with Crippen LogP contribution in [0.3, 0.4) is 0 Å². The number of hydrogen-bond donors (Lipinski definition) is 0. The molecule has 0 aromatic carbocycles. The molecular formula is C5H10NO2. The maximum Gasteiger partial charge on any atom is 0.409 e. The molecule has 1 radical (unpaired) electrons. The predicted octanol–water partition coefficient (Wildman–Crippen LogP) is 0.519. The Bertz CT molecular complexity index is 80.5. The van der Waals surface area contributed by atoms with Gasteiger partial charge in [0.2, 0.25) is 0 Å². The minimum Gasteiger partial charge on any atom is -0.449 e. The molecule has 3 heteroatoms. The number of amides is 1. The topological polar surface area (TPSA) is 29.5 Å². The van der Waals surface area contributed by atoms with Crippen molar-refractivity contribution in [1.82, 2.24) is 4.90 Å². The van der Waals surface area contributed by atoms with E-state index < -0.39 is 0 Å². The minimum absolute atomic E-state index is 0.191. The lowest BCUT2D eigenvalue weighted by Gasteiger charge is -2.07. The highest BCUT2D eigenvalue weighted by atomic mass is 16.5. The van der Waals surface area contributed by atoms with Gasteiger partial charge in [-0.05, 0) is 6.92 Å². The van der Waals surface area contributed by atoms with Gasteiger partial charge in [0.05, 0.1) is 6.61 Å². The number of rotatable bonds is 1. The maximum absolute atomic E-state index is 10.4. The van der Waals surface area contributed by atoms with Crippen LogP contribution in [0.2, 0.25) is 0 Å². The van der Waals surface area contributed by atoms with Crippen LogP contribution in [0.1, 0.15) is 0 Å². The van der Waals surface area contributed by atoms with Gasteiger partial charge in [0.1, 0.15) is 0 Å². The zero-order valence-electron chi connectivity index (χ0n) is 5.18. The van der Waals surface area contributed by atoms with Crippen molar-refractivity contribution in [1.29, 1.82) is 0 Å². The van der Waals surface area contributed by atoms with E-state index in [1.165, 1.54) is 4.90 Å². The molecule has 1 amide bonds. The van der Waals surface area contributed by atoms with Crippen molar-refractivity contribution in [3.05, 3.63) is 6.92 Å². The molecule has 0 aliphatic rings. The molecule has 47 valence electrons. The van der Waals surface area contributed by atoms with Gasteiger partial charge in [-0.3, -0.25) is 0 Å². The Morgan fingerprint density at radius 1 is 1.75 bits per heavy atom. The van der Waals surface area contributed by atoms with Crippen LogP contribution in [0.4, 0.5) is 4.79 Å². The van der Waals surface area contributed by atoms with Crippen LogP contribution < -0.4 is 0 Å². The van der Waals surface area contributed by atoms with Crippen LogP contribution in [0, 0.1) is 6.92 Å². The van der Waals surface area contributed by atoms with Crippen LogP contribution in [0.15, 0.2) is 0 Å². The highest BCUT2D eigenvalue weighted by molar-refractivity contribution is 5.66. The first-order valence-corrected chi connectivity index (χ1v) is 2.31. The monoisotopic (exact) mass is 116 g/mol. The fraction of sp³-hybridized carbons (Fsp3) is 0.600. The zero-order valence-corrected chi connectivity index (χ0v) is 5.18. The van der Waals surface area contributed by atoms with E-state index in [9.17, 15) is 4.79 Å². The van der Waals surface area contributed by atoms with Crippen LogP contribution >= 0.6 is 0 Å². The maximum atomic E-state index is 10.4. The summed E-state index contributed by atoms with van der Waals surface area (Å²) in [7, 11) is 3.25. The van der Waals surface area contributed by atoms with Gasteiger partial charge in [-0.15, -0.1) is 0 Å². The van der Waals surface area contributed by atoms with Crippen LogP contribution in [-0.2, 0) is 4.74 Å². The smallest absolute Gasteiger partial charge is 0.409 e. The minimum atomic E-state index is -0.347. The molecule has 0 aliphatic heterocycles. The Balaban J connectivity index is 3.33. The molecule has 0 rings (SSSR count). The lowest BCUT2D eigenvalue weighted by atomic mass is 10.8. The van der Waals surface area contributed by atoms with Gasteiger partial charge >= 0.3 is 6.09 Å². The van der Waals surface area contributed by atoms with Crippen molar-refractivity contribution in [2.75, 3.05) is 20.7 Å². The van der Waals surface area contributed by atoms with Crippen LogP contribution in [0.25, 0.3) is 0 Å². The quantitative estimate of drug-likeness (QED) is 0.499. The Kier molecular flexibility index (Phi) is 2.99. The molecule has 0 saturated heterocycles. The van der Waals surface area contributed by atoms with Crippen LogP contribution in [0.5, 0.6) is 0 Å². The third-order valence-electron chi connectivity index (χ3n) is 0.591. The SMILES string of the molecule is [CH2]COC(=O)N(C)C. The molecule has 0 heterocycles. The number of ether oxygens (including phenoxy) is 1. The first kappa shape index (κ1) is 7.27. The van der Waals surface area contributed by atoms with Gasteiger partial charge in [0, 0.05) is 14.1 Å². The van der Waals surface area contributed by atoms with Gasteiger partial charge in [0.15, 0.2) is 0 Å². The van der Waals surface area contributed by atoms with Crippen molar-refractivity contribution < 1.29 is 9.53 Å². The molecule has 0 spiro atoms. The summed E-state index contributed by atoms with van der Waals surface area (Å²) in [5, 5.41) is 0. The molecule has 0 saturated carbocycles. The Hall–Kier alpha value is -0.730. The summed E-state index contributed by atoms with van der Waals surface area (Å²) >= 11 is 0.